The molecule has 0 aromatic heterocycles. The molecule has 0 radical (unpaired) electrons. The number of nitrogens with zero attached hydrogens (tertiary/aromatic N) is 2. The van der Waals surface area contributed by atoms with Crippen LogP contribution in [0.3, 0.4) is 0 Å². The average Bonchev–Trinajstić information content (AvgIpc) is 3.30. The lowest BCUT2D eigenvalue weighted by atomic mass is 9.59. The fourth-order valence-corrected chi connectivity index (χ4v) is 7.63. The second-order valence-corrected chi connectivity index (χ2v) is 12.0. The van der Waals surface area contributed by atoms with E-state index in [1.54, 1.807) is 19.1 Å². The monoisotopic (exact) mass is 594 g/mol. The highest BCUT2D eigenvalue weighted by Crippen LogP contribution is 2.56. The van der Waals surface area contributed by atoms with E-state index in [1.165, 1.54) is 17.0 Å². The number of hydrogen-bond acceptors (Lipinski definition) is 8. The molecule has 0 saturated carbocycles. The molecular formula is C35H34N2O7. The van der Waals surface area contributed by atoms with Gasteiger partial charge in [0, 0.05) is 41.4 Å². The van der Waals surface area contributed by atoms with Crippen molar-refractivity contribution in [3.63, 3.8) is 0 Å². The SMILES string of the molecule is CCOc1cc(C2C3=CCC4C(=O)N(c5ccc(N6CCOCC6)cc5)C(=O)C4C3CC3=C2C(=O)C=C(C)C3=O)ccc1O. The third-order valence-electron chi connectivity index (χ3n) is 9.66. The van der Waals surface area contributed by atoms with Gasteiger partial charge in [0.25, 0.3) is 0 Å². The smallest absolute Gasteiger partial charge is 0.238 e. The van der Waals surface area contributed by atoms with E-state index in [1.807, 2.05) is 37.3 Å². The van der Waals surface area contributed by atoms with Crippen molar-refractivity contribution in [3.05, 3.63) is 82.5 Å². The Morgan fingerprint density at radius 1 is 0.955 bits per heavy atom. The highest BCUT2D eigenvalue weighted by atomic mass is 16.5. The van der Waals surface area contributed by atoms with Crippen LogP contribution in [-0.4, -0.2) is 61.4 Å². The Hall–Kier alpha value is -4.50. The number of ether oxygens (including phenoxy) is 2. The van der Waals surface area contributed by atoms with Gasteiger partial charge in [-0.2, -0.15) is 0 Å². The molecule has 2 aromatic rings. The normalized spacial score (nSPS) is 26.7. The molecule has 44 heavy (non-hydrogen) atoms. The Morgan fingerprint density at radius 3 is 2.41 bits per heavy atom. The number of aromatic hydroxyl groups is 1. The summed E-state index contributed by atoms with van der Waals surface area (Å²) in [4.78, 5) is 58.6. The molecule has 1 N–H and O–H groups in total. The Morgan fingerprint density at radius 2 is 1.68 bits per heavy atom. The zero-order chi connectivity index (χ0) is 30.7. The van der Waals surface area contributed by atoms with Crippen LogP contribution in [0.25, 0.3) is 0 Å². The van der Waals surface area contributed by atoms with E-state index in [0.717, 1.165) is 24.4 Å². The second kappa shape index (κ2) is 10.9. The van der Waals surface area contributed by atoms with Crippen molar-refractivity contribution >= 4 is 34.8 Å². The molecule has 2 saturated heterocycles. The maximum atomic E-state index is 14.2. The van der Waals surface area contributed by atoms with E-state index in [-0.39, 0.29) is 41.3 Å². The van der Waals surface area contributed by atoms with Crippen LogP contribution in [0, 0.1) is 17.8 Å². The fourth-order valence-electron chi connectivity index (χ4n) is 7.63. The molecule has 226 valence electrons. The van der Waals surface area contributed by atoms with E-state index >= 15 is 0 Å². The van der Waals surface area contributed by atoms with Gasteiger partial charge in [0.2, 0.25) is 11.8 Å². The van der Waals surface area contributed by atoms with Crippen LogP contribution in [0.2, 0.25) is 0 Å². The standard InChI is InChI=1S/C35H34N2O7/c1-3-44-29-17-20(4-11-27(29)38)30-23-9-10-24-31(25(23)18-26-32(30)28(39)16-19(2)33(26)40)35(42)37(34(24)41)22-7-5-21(6-8-22)36-12-14-43-15-13-36/h4-9,11,16-17,24-25,30-31,38H,3,10,12-15,18H2,1-2H3. The summed E-state index contributed by atoms with van der Waals surface area (Å²) in [6.07, 6.45) is 3.95. The molecular weight excluding hydrogens is 560 g/mol. The van der Waals surface area contributed by atoms with E-state index in [0.29, 0.717) is 54.2 Å². The quantitative estimate of drug-likeness (QED) is 0.311. The number of amides is 2. The number of Topliss-reactive ketones (excluding diaryl/α,β-unsaturated/α-hetero) is 1. The molecule has 4 atom stereocenters. The highest BCUT2D eigenvalue weighted by Gasteiger charge is 2.56. The third kappa shape index (κ3) is 4.40. The minimum Gasteiger partial charge on any atom is -0.504 e. The molecule has 9 nitrogen and oxygen atoms in total. The maximum Gasteiger partial charge on any atom is 0.238 e. The van der Waals surface area contributed by atoms with Crippen molar-refractivity contribution in [2.24, 2.45) is 17.8 Å². The van der Waals surface area contributed by atoms with Gasteiger partial charge in [0.05, 0.1) is 37.3 Å². The third-order valence-corrected chi connectivity index (χ3v) is 9.66. The average molecular weight is 595 g/mol. The van der Waals surface area contributed by atoms with Crippen LogP contribution in [0.5, 0.6) is 11.5 Å². The molecule has 7 rings (SSSR count). The Bertz CT molecular complexity index is 1680. The number of fused-ring (bicyclic) bond motifs is 3. The van der Waals surface area contributed by atoms with Gasteiger partial charge in [0.15, 0.2) is 23.1 Å². The molecule has 0 bridgehead atoms. The summed E-state index contributed by atoms with van der Waals surface area (Å²) < 4.78 is 11.1. The number of carbonyl (C=O) groups excluding carboxylic acids is 4. The summed E-state index contributed by atoms with van der Waals surface area (Å²) in [5.41, 5.74) is 4.26. The molecule has 5 aliphatic rings. The summed E-state index contributed by atoms with van der Waals surface area (Å²) in [6.45, 7) is 6.66. The van der Waals surface area contributed by atoms with Gasteiger partial charge < -0.3 is 19.5 Å². The minimum absolute atomic E-state index is 0.0246. The number of morpholine rings is 1. The van der Waals surface area contributed by atoms with Crippen LogP contribution in [0.1, 0.15) is 38.2 Å². The zero-order valence-electron chi connectivity index (χ0n) is 24.7. The number of carbonyl (C=O) groups is 4. The van der Waals surface area contributed by atoms with E-state index in [2.05, 4.69) is 4.90 Å². The summed E-state index contributed by atoms with van der Waals surface area (Å²) in [5, 5.41) is 10.4. The first-order valence-corrected chi connectivity index (χ1v) is 15.2. The number of benzene rings is 2. The van der Waals surface area contributed by atoms with Gasteiger partial charge in [0.1, 0.15) is 0 Å². The number of phenolic OH excluding ortho intramolecular Hbond substituents is 1. The second-order valence-electron chi connectivity index (χ2n) is 12.0. The molecule has 2 heterocycles. The number of hydrogen-bond donors (Lipinski definition) is 1. The maximum absolute atomic E-state index is 14.2. The molecule has 9 heteroatoms. The molecule has 2 amide bonds. The van der Waals surface area contributed by atoms with Crippen LogP contribution < -0.4 is 14.5 Å². The predicted molar refractivity (Wildman–Crippen MR) is 163 cm³/mol. The number of imide groups is 1. The number of ketones is 2. The van der Waals surface area contributed by atoms with E-state index in [9.17, 15) is 24.3 Å². The van der Waals surface area contributed by atoms with Crippen molar-refractivity contribution in [2.45, 2.75) is 32.6 Å². The van der Waals surface area contributed by atoms with Crippen LogP contribution in [0.15, 0.2) is 76.9 Å². The van der Waals surface area contributed by atoms with E-state index < -0.39 is 23.7 Å². The zero-order valence-corrected chi connectivity index (χ0v) is 24.7. The molecule has 3 aliphatic carbocycles. The Kier molecular flexibility index (Phi) is 7.00. The molecule has 2 fully saturated rings. The first-order chi connectivity index (χ1) is 21.3. The van der Waals surface area contributed by atoms with Crippen molar-refractivity contribution < 1.29 is 33.8 Å². The van der Waals surface area contributed by atoms with Crippen molar-refractivity contribution in [1.82, 2.24) is 0 Å². The van der Waals surface area contributed by atoms with Gasteiger partial charge in [-0.15, -0.1) is 0 Å². The van der Waals surface area contributed by atoms with Crippen molar-refractivity contribution in [2.75, 3.05) is 42.7 Å². The van der Waals surface area contributed by atoms with Gasteiger partial charge in [-0.05, 0) is 80.6 Å². The predicted octanol–water partition coefficient (Wildman–Crippen LogP) is 4.26. The van der Waals surface area contributed by atoms with Gasteiger partial charge in [-0.3, -0.25) is 24.1 Å². The van der Waals surface area contributed by atoms with Gasteiger partial charge >= 0.3 is 0 Å². The topological polar surface area (TPSA) is 113 Å². The Balaban J connectivity index is 1.27. The van der Waals surface area contributed by atoms with E-state index in [4.69, 9.17) is 9.47 Å². The van der Waals surface area contributed by atoms with Gasteiger partial charge in [-0.1, -0.05) is 17.7 Å². The molecule has 2 aromatic carbocycles. The fraction of sp³-hybridized carbons (Fsp3) is 0.371. The summed E-state index contributed by atoms with van der Waals surface area (Å²) in [7, 11) is 0. The minimum atomic E-state index is -0.657. The summed E-state index contributed by atoms with van der Waals surface area (Å²) >= 11 is 0. The van der Waals surface area contributed by atoms with Crippen LogP contribution in [-0.2, 0) is 23.9 Å². The highest BCUT2D eigenvalue weighted by molar-refractivity contribution is 6.25. The summed E-state index contributed by atoms with van der Waals surface area (Å²) in [6, 6.07) is 12.5. The lowest BCUT2D eigenvalue weighted by Crippen LogP contribution is -2.39. The first kappa shape index (κ1) is 28.3. The molecule has 2 aliphatic heterocycles. The lowest BCUT2D eigenvalue weighted by Gasteiger charge is -2.42. The molecule has 0 spiro atoms. The Labute approximate surface area is 255 Å². The number of allylic oxidation sites excluding steroid dienone is 6. The lowest BCUT2D eigenvalue weighted by molar-refractivity contribution is -0.123. The van der Waals surface area contributed by atoms with Crippen LogP contribution in [0.4, 0.5) is 11.4 Å². The first-order valence-electron chi connectivity index (χ1n) is 15.2. The van der Waals surface area contributed by atoms with Crippen LogP contribution >= 0.6 is 0 Å². The van der Waals surface area contributed by atoms with Crippen molar-refractivity contribution in [1.29, 1.82) is 0 Å². The number of anilines is 2. The number of rotatable bonds is 5. The molecule has 4 unspecified atom stereocenters. The van der Waals surface area contributed by atoms with Gasteiger partial charge in [-0.25, -0.2) is 0 Å². The number of phenols is 1. The summed E-state index contributed by atoms with van der Waals surface area (Å²) in [5.74, 6) is -2.94. The largest absolute Gasteiger partial charge is 0.504 e. The van der Waals surface area contributed by atoms with Crippen molar-refractivity contribution in [3.8, 4) is 11.5 Å².